The number of anilines is 1. The summed E-state index contributed by atoms with van der Waals surface area (Å²) < 4.78 is 0. The Bertz CT molecular complexity index is 815. The monoisotopic (exact) mass is 339 g/mol. The van der Waals surface area contributed by atoms with Crippen molar-refractivity contribution in [2.45, 2.75) is 0 Å². The van der Waals surface area contributed by atoms with E-state index in [0.717, 1.165) is 0 Å². The number of rotatable bonds is 4. The van der Waals surface area contributed by atoms with Gasteiger partial charge in [0.05, 0.1) is 11.1 Å². The Labute approximate surface area is 142 Å². The third-order valence-electron chi connectivity index (χ3n) is 3.37. The SMILES string of the molecule is O=C(NCC(=O)ON1C(=O)c2ccccc2C1=O)Nc1ccccc1. The minimum Gasteiger partial charge on any atom is -0.328 e. The molecule has 4 amide bonds. The fourth-order valence-corrected chi connectivity index (χ4v) is 2.23. The van der Waals surface area contributed by atoms with Crippen LogP contribution in [0.3, 0.4) is 0 Å². The number of hydrogen-bond donors (Lipinski definition) is 2. The summed E-state index contributed by atoms with van der Waals surface area (Å²) in [5, 5.41) is 5.19. The summed E-state index contributed by atoms with van der Waals surface area (Å²) in [5.41, 5.74) is 0.874. The molecular weight excluding hydrogens is 326 g/mol. The number of nitrogens with one attached hydrogen (secondary N) is 2. The van der Waals surface area contributed by atoms with Crippen LogP contribution >= 0.6 is 0 Å². The third-order valence-corrected chi connectivity index (χ3v) is 3.37. The minimum atomic E-state index is -0.947. The van der Waals surface area contributed by atoms with Crippen molar-refractivity contribution in [3.8, 4) is 0 Å². The molecule has 0 aromatic heterocycles. The number of amides is 4. The summed E-state index contributed by atoms with van der Waals surface area (Å²) in [7, 11) is 0. The van der Waals surface area contributed by atoms with E-state index in [4.69, 9.17) is 4.84 Å². The second-order valence-corrected chi connectivity index (χ2v) is 5.09. The number of fused-ring (bicyclic) bond motifs is 1. The van der Waals surface area contributed by atoms with Crippen molar-refractivity contribution >= 4 is 29.5 Å². The summed E-state index contributed by atoms with van der Waals surface area (Å²) in [6.07, 6.45) is 0. The predicted octanol–water partition coefficient (Wildman–Crippen LogP) is 1.56. The first kappa shape index (κ1) is 16.2. The van der Waals surface area contributed by atoms with Gasteiger partial charge in [0.1, 0.15) is 6.54 Å². The van der Waals surface area contributed by atoms with Gasteiger partial charge in [0.2, 0.25) is 0 Å². The maximum Gasteiger partial charge on any atom is 0.352 e. The van der Waals surface area contributed by atoms with Crippen molar-refractivity contribution in [1.29, 1.82) is 0 Å². The molecular formula is C17H13N3O5. The molecule has 0 unspecified atom stereocenters. The molecule has 1 heterocycles. The smallest absolute Gasteiger partial charge is 0.328 e. The van der Waals surface area contributed by atoms with Crippen LogP contribution in [-0.4, -0.2) is 35.4 Å². The van der Waals surface area contributed by atoms with Gasteiger partial charge in [0, 0.05) is 5.69 Å². The minimum absolute atomic E-state index is 0.162. The van der Waals surface area contributed by atoms with Gasteiger partial charge in [0.15, 0.2) is 0 Å². The molecule has 0 fully saturated rings. The fraction of sp³-hybridized carbons (Fsp3) is 0.0588. The van der Waals surface area contributed by atoms with E-state index in [2.05, 4.69) is 10.6 Å². The molecule has 0 saturated carbocycles. The van der Waals surface area contributed by atoms with E-state index in [1.54, 1.807) is 42.5 Å². The van der Waals surface area contributed by atoms with Gasteiger partial charge in [0.25, 0.3) is 11.8 Å². The molecule has 0 atom stereocenters. The fourth-order valence-electron chi connectivity index (χ4n) is 2.23. The maximum atomic E-state index is 12.1. The first-order valence-corrected chi connectivity index (χ1v) is 7.35. The zero-order chi connectivity index (χ0) is 17.8. The van der Waals surface area contributed by atoms with E-state index in [0.29, 0.717) is 10.8 Å². The van der Waals surface area contributed by atoms with Gasteiger partial charge in [-0.2, -0.15) is 0 Å². The molecule has 0 saturated heterocycles. The molecule has 0 radical (unpaired) electrons. The summed E-state index contributed by atoms with van der Waals surface area (Å²) in [4.78, 5) is 52.3. The Kier molecular flexibility index (Phi) is 4.42. The quantitative estimate of drug-likeness (QED) is 0.823. The lowest BCUT2D eigenvalue weighted by Gasteiger charge is -2.13. The second-order valence-electron chi connectivity index (χ2n) is 5.09. The Hall–Kier alpha value is -3.68. The number of imide groups is 1. The molecule has 0 aliphatic carbocycles. The number of benzene rings is 2. The van der Waals surface area contributed by atoms with Crippen LogP contribution in [0.1, 0.15) is 20.7 Å². The average molecular weight is 339 g/mol. The Morgan fingerprint density at radius 1 is 0.880 bits per heavy atom. The second kappa shape index (κ2) is 6.83. The van der Waals surface area contributed by atoms with Crippen LogP contribution in [0.2, 0.25) is 0 Å². The normalized spacial score (nSPS) is 12.6. The number of nitrogens with zero attached hydrogens (tertiary/aromatic N) is 1. The summed E-state index contributed by atoms with van der Waals surface area (Å²) >= 11 is 0. The van der Waals surface area contributed by atoms with Crippen LogP contribution in [0.15, 0.2) is 54.6 Å². The van der Waals surface area contributed by atoms with Gasteiger partial charge in [-0.15, -0.1) is 0 Å². The molecule has 0 bridgehead atoms. The zero-order valence-corrected chi connectivity index (χ0v) is 12.9. The van der Waals surface area contributed by atoms with Crippen LogP contribution in [0, 0.1) is 0 Å². The molecule has 8 heteroatoms. The predicted molar refractivity (Wildman–Crippen MR) is 86.5 cm³/mol. The summed E-state index contributed by atoms with van der Waals surface area (Å²) in [6.45, 7) is -0.508. The number of carbonyl (C=O) groups excluding carboxylic acids is 4. The van der Waals surface area contributed by atoms with Crippen molar-refractivity contribution < 1.29 is 24.0 Å². The Balaban J connectivity index is 1.53. The highest BCUT2D eigenvalue weighted by molar-refractivity contribution is 6.20. The van der Waals surface area contributed by atoms with Crippen LogP contribution in [0.5, 0.6) is 0 Å². The van der Waals surface area contributed by atoms with Gasteiger partial charge in [-0.3, -0.25) is 9.59 Å². The van der Waals surface area contributed by atoms with E-state index in [1.807, 2.05) is 0 Å². The highest BCUT2D eigenvalue weighted by Gasteiger charge is 2.38. The largest absolute Gasteiger partial charge is 0.352 e. The van der Waals surface area contributed by atoms with Gasteiger partial charge in [-0.05, 0) is 24.3 Å². The molecule has 0 spiro atoms. The number of para-hydroxylation sites is 1. The number of hydroxylamine groups is 2. The van der Waals surface area contributed by atoms with E-state index in [1.165, 1.54) is 12.1 Å². The van der Waals surface area contributed by atoms with Crippen molar-refractivity contribution in [1.82, 2.24) is 10.4 Å². The highest BCUT2D eigenvalue weighted by atomic mass is 16.7. The lowest BCUT2D eigenvalue weighted by molar-refractivity contribution is -0.167. The molecule has 1 aliphatic rings. The van der Waals surface area contributed by atoms with Crippen molar-refractivity contribution in [3.63, 3.8) is 0 Å². The van der Waals surface area contributed by atoms with Gasteiger partial charge >= 0.3 is 12.0 Å². The lowest BCUT2D eigenvalue weighted by Crippen LogP contribution is -2.39. The van der Waals surface area contributed by atoms with E-state index in [9.17, 15) is 19.2 Å². The lowest BCUT2D eigenvalue weighted by atomic mass is 10.1. The van der Waals surface area contributed by atoms with Crippen LogP contribution < -0.4 is 10.6 Å². The van der Waals surface area contributed by atoms with E-state index in [-0.39, 0.29) is 11.1 Å². The summed E-state index contributed by atoms with van der Waals surface area (Å²) in [6, 6.07) is 14.2. The van der Waals surface area contributed by atoms with Crippen molar-refractivity contribution in [3.05, 3.63) is 65.7 Å². The molecule has 25 heavy (non-hydrogen) atoms. The summed E-state index contributed by atoms with van der Waals surface area (Å²) in [5.74, 6) is -2.39. The number of hydrogen-bond acceptors (Lipinski definition) is 5. The van der Waals surface area contributed by atoms with Gasteiger partial charge in [-0.25, -0.2) is 9.59 Å². The molecule has 2 N–H and O–H groups in total. The molecule has 2 aromatic carbocycles. The molecule has 1 aliphatic heterocycles. The topological polar surface area (TPSA) is 105 Å². The van der Waals surface area contributed by atoms with Crippen LogP contribution in [-0.2, 0) is 9.63 Å². The Morgan fingerprint density at radius 2 is 1.44 bits per heavy atom. The van der Waals surface area contributed by atoms with Crippen LogP contribution in [0.4, 0.5) is 10.5 Å². The van der Waals surface area contributed by atoms with Gasteiger partial charge < -0.3 is 15.5 Å². The highest BCUT2D eigenvalue weighted by Crippen LogP contribution is 2.22. The third kappa shape index (κ3) is 3.47. The van der Waals surface area contributed by atoms with Gasteiger partial charge in [-0.1, -0.05) is 35.4 Å². The molecule has 3 rings (SSSR count). The van der Waals surface area contributed by atoms with Crippen molar-refractivity contribution in [2.75, 3.05) is 11.9 Å². The van der Waals surface area contributed by atoms with E-state index >= 15 is 0 Å². The Morgan fingerprint density at radius 3 is 2.04 bits per heavy atom. The maximum absolute atomic E-state index is 12.1. The molecule has 8 nitrogen and oxygen atoms in total. The number of carbonyl (C=O) groups is 4. The first-order valence-electron chi connectivity index (χ1n) is 7.35. The number of urea groups is 1. The van der Waals surface area contributed by atoms with Crippen LogP contribution in [0.25, 0.3) is 0 Å². The molecule has 126 valence electrons. The average Bonchev–Trinajstić information content (AvgIpc) is 2.86. The van der Waals surface area contributed by atoms with Crippen molar-refractivity contribution in [2.24, 2.45) is 0 Å². The standard InChI is InChI=1S/C17H13N3O5/c21-14(10-18-17(24)19-11-6-2-1-3-7-11)25-20-15(22)12-8-4-5-9-13(12)16(20)23/h1-9H,10H2,(H2,18,19,24). The van der Waals surface area contributed by atoms with E-state index < -0.39 is 30.4 Å². The first-order chi connectivity index (χ1) is 12.1. The molecule has 2 aromatic rings. The zero-order valence-electron chi connectivity index (χ0n) is 12.9.